The number of aromatic nitrogens is 5. The molecule has 1 aliphatic carbocycles. The minimum absolute atomic E-state index is 0.0422. The maximum Gasteiger partial charge on any atom is 0.280 e. The van der Waals surface area contributed by atoms with Crippen LogP contribution in [0, 0.1) is 0 Å². The molecular formula is C22H21N7O5S2. The van der Waals surface area contributed by atoms with Gasteiger partial charge in [0.2, 0.25) is 5.88 Å². The number of carbonyl (C=O) groups is 1. The summed E-state index contributed by atoms with van der Waals surface area (Å²) in [6.07, 6.45) is 4.53. The fourth-order valence-corrected chi connectivity index (χ4v) is 5.76. The highest BCUT2D eigenvalue weighted by Gasteiger charge is 2.36. The molecule has 1 aromatic carbocycles. The lowest BCUT2D eigenvalue weighted by molar-refractivity contribution is -0.110. The molecule has 0 radical (unpaired) electrons. The molecule has 0 saturated heterocycles. The van der Waals surface area contributed by atoms with E-state index in [1.807, 2.05) is 0 Å². The summed E-state index contributed by atoms with van der Waals surface area (Å²) in [5, 5.41) is 10.9. The largest absolute Gasteiger partial charge is 0.480 e. The second kappa shape index (κ2) is 9.62. The van der Waals surface area contributed by atoms with Crippen LogP contribution < -0.4 is 10.1 Å². The van der Waals surface area contributed by atoms with Crippen LogP contribution in [0.2, 0.25) is 0 Å². The van der Waals surface area contributed by atoms with Crippen molar-refractivity contribution in [1.82, 2.24) is 24.7 Å². The highest BCUT2D eigenvalue weighted by Crippen LogP contribution is 2.33. The average molecular weight is 528 g/mol. The predicted molar refractivity (Wildman–Crippen MR) is 132 cm³/mol. The Bertz CT molecular complexity index is 1560. The molecule has 0 atom stereocenters. The summed E-state index contributed by atoms with van der Waals surface area (Å²) in [6, 6.07) is 7.78. The summed E-state index contributed by atoms with van der Waals surface area (Å²) in [5.74, 6) is -0.268. The van der Waals surface area contributed by atoms with E-state index in [-0.39, 0.29) is 27.6 Å². The number of oxime groups is 1. The third-order valence-electron chi connectivity index (χ3n) is 5.30. The molecule has 14 heteroatoms. The number of thiazole rings is 1. The van der Waals surface area contributed by atoms with Crippen molar-refractivity contribution in [3.63, 3.8) is 0 Å². The van der Waals surface area contributed by atoms with E-state index in [4.69, 9.17) is 9.57 Å². The molecule has 0 aliphatic heterocycles. The molecule has 186 valence electrons. The summed E-state index contributed by atoms with van der Waals surface area (Å²) >= 11 is 1.12. The number of amides is 1. The van der Waals surface area contributed by atoms with Gasteiger partial charge in [0.15, 0.2) is 37.8 Å². The van der Waals surface area contributed by atoms with Crippen molar-refractivity contribution in [1.29, 1.82) is 0 Å². The van der Waals surface area contributed by atoms with Crippen molar-refractivity contribution in [3.05, 3.63) is 54.0 Å². The number of fused-ring (bicyclic) bond motifs is 1. The number of sulfone groups is 1. The third-order valence-corrected chi connectivity index (χ3v) is 8.43. The summed E-state index contributed by atoms with van der Waals surface area (Å²) < 4.78 is 31.8. The number of benzene rings is 1. The topological polar surface area (TPSA) is 151 Å². The van der Waals surface area contributed by atoms with Crippen LogP contribution in [0.4, 0.5) is 5.13 Å². The number of carbonyl (C=O) groups excluding carboxylic acids is 1. The van der Waals surface area contributed by atoms with Crippen LogP contribution >= 0.6 is 11.3 Å². The fraction of sp³-hybridized carbons (Fsp3) is 0.273. The Hall–Kier alpha value is -3.91. The van der Waals surface area contributed by atoms with Crippen molar-refractivity contribution in [2.75, 3.05) is 12.4 Å². The van der Waals surface area contributed by atoms with E-state index < -0.39 is 15.7 Å². The van der Waals surface area contributed by atoms with Crippen molar-refractivity contribution in [3.8, 4) is 5.88 Å². The lowest BCUT2D eigenvalue weighted by Gasteiger charge is -2.08. The molecule has 0 bridgehead atoms. The first-order valence-corrected chi connectivity index (χ1v) is 13.2. The number of rotatable bonds is 9. The van der Waals surface area contributed by atoms with E-state index >= 15 is 0 Å². The maximum atomic E-state index is 13.2. The SMILES string of the molecule is COc1cnc2nc(NC(=O)C(=NOCc3ccn(C)n3)c3ccc(S(=O)(=O)C4CC4)cc3)sc2n1. The lowest BCUT2D eigenvalue weighted by atomic mass is 10.1. The first-order valence-electron chi connectivity index (χ1n) is 10.9. The van der Waals surface area contributed by atoms with Gasteiger partial charge >= 0.3 is 0 Å². The Balaban J connectivity index is 1.40. The minimum Gasteiger partial charge on any atom is -0.480 e. The van der Waals surface area contributed by atoms with Crippen LogP contribution in [0.3, 0.4) is 0 Å². The lowest BCUT2D eigenvalue weighted by Crippen LogP contribution is -2.24. The molecule has 1 amide bonds. The van der Waals surface area contributed by atoms with Gasteiger partial charge in [-0.25, -0.2) is 13.4 Å². The van der Waals surface area contributed by atoms with Gasteiger partial charge < -0.3 is 9.57 Å². The van der Waals surface area contributed by atoms with Gasteiger partial charge in [0.25, 0.3) is 5.91 Å². The summed E-state index contributed by atoms with van der Waals surface area (Å²) in [4.78, 5) is 32.0. The number of hydrogen-bond donors (Lipinski definition) is 1. The van der Waals surface area contributed by atoms with E-state index in [9.17, 15) is 13.2 Å². The normalized spacial score (nSPS) is 14.1. The molecule has 1 N–H and O–H groups in total. The van der Waals surface area contributed by atoms with Crippen LogP contribution in [0.1, 0.15) is 24.1 Å². The minimum atomic E-state index is -3.36. The van der Waals surface area contributed by atoms with Gasteiger partial charge in [0.05, 0.1) is 23.5 Å². The summed E-state index contributed by atoms with van der Waals surface area (Å²) in [7, 11) is -0.104. The van der Waals surface area contributed by atoms with Gasteiger partial charge in [-0.3, -0.25) is 14.8 Å². The number of hydrogen-bond acceptors (Lipinski definition) is 11. The molecule has 1 fully saturated rings. The van der Waals surface area contributed by atoms with Crippen LogP contribution in [0.15, 0.2) is 52.8 Å². The molecule has 36 heavy (non-hydrogen) atoms. The van der Waals surface area contributed by atoms with Crippen molar-refractivity contribution >= 4 is 48.4 Å². The molecular weight excluding hydrogens is 506 g/mol. The monoisotopic (exact) mass is 527 g/mol. The van der Waals surface area contributed by atoms with Crippen LogP contribution in [0.5, 0.6) is 5.88 Å². The van der Waals surface area contributed by atoms with Gasteiger partial charge in [-0.1, -0.05) is 28.6 Å². The van der Waals surface area contributed by atoms with Gasteiger partial charge in [0, 0.05) is 18.8 Å². The van der Waals surface area contributed by atoms with Gasteiger partial charge in [-0.15, -0.1) is 0 Å². The molecule has 3 aromatic heterocycles. The Morgan fingerprint density at radius 1 is 1.22 bits per heavy atom. The Morgan fingerprint density at radius 3 is 2.67 bits per heavy atom. The Kier molecular flexibility index (Phi) is 6.36. The number of nitrogens with one attached hydrogen (secondary N) is 1. The smallest absolute Gasteiger partial charge is 0.280 e. The predicted octanol–water partition coefficient (Wildman–Crippen LogP) is 2.32. The fourth-order valence-electron chi connectivity index (χ4n) is 3.32. The number of methoxy groups -OCH3 is 1. The van der Waals surface area contributed by atoms with Gasteiger partial charge in [0.1, 0.15) is 5.69 Å². The van der Waals surface area contributed by atoms with Gasteiger partial charge in [-0.2, -0.15) is 15.1 Å². The van der Waals surface area contributed by atoms with Crippen molar-refractivity contribution in [2.24, 2.45) is 12.2 Å². The van der Waals surface area contributed by atoms with E-state index in [1.165, 1.54) is 37.6 Å². The molecule has 12 nitrogen and oxygen atoms in total. The first kappa shape index (κ1) is 23.8. The zero-order valence-corrected chi connectivity index (χ0v) is 20.9. The standard InChI is InChI=1S/C22H21N7O5S2/c1-29-10-9-14(27-29)12-34-28-18(13-3-5-15(6-4-13)36(31,32)16-7-8-16)20(30)26-22-25-19-21(35-22)24-17(33-2)11-23-19/h3-6,9-11,16H,7-8,12H2,1-2H3,(H,23,25,26,30). The van der Waals surface area contributed by atoms with Crippen LogP contribution in [-0.4, -0.2) is 57.1 Å². The number of anilines is 1. The number of nitrogens with zero attached hydrogens (tertiary/aromatic N) is 6. The van der Waals surface area contributed by atoms with E-state index in [0.717, 1.165) is 11.3 Å². The highest BCUT2D eigenvalue weighted by molar-refractivity contribution is 7.92. The molecule has 1 saturated carbocycles. The Labute approximate surface area is 209 Å². The maximum absolute atomic E-state index is 13.2. The first-order chi connectivity index (χ1) is 17.3. The zero-order chi connectivity index (χ0) is 25.3. The highest BCUT2D eigenvalue weighted by atomic mass is 32.2. The number of ether oxygens (including phenoxy) is 1. The summed E-state index contributed by atoms with van der Waals surface area (Å²) in [5.41, 5.74) is 1.31. The molecule has 0 spiro atoms. The molecule has 1 aliphatic rings. The molecule has 4 aromatic rings. The summed E-state index contributed by atoms with van der Waals surface area (Å²) in [6.45, 7) is 0.0422. The van der Waals surface area contributed by atoms with E-state index in [0.29, 0.717) is 40.5 Å². The zero-order valence-electron chi connectivity index (χ0n) is 19.3. The average Bonchev–Trinajstić information content (AvgIpc) is 3.55. The second-order valence-electron chi connectivity index (χ2n) is 7.98. The quantitative estimate of drug-likeness (QED) is 0.255. The number of aryl methyl sites for hydroxylation is 1. The van der Waals surface area contributed by atoms with E-state index in [2.05, 4.69) is 30.5 Å². The third kappa shape index (κ3) is 5.04. The van der Waals surface area contributed by atoms with Crippen molar-refractivity contribution in [2.45, 2.75) is 29.6 Å². The van der Waals surface area contributed by atoms with Crippen molar-refractivity contribution < 1.29 is 22.8 Å². The Morgan fingerprint density at radius 2 is 2.00 bits per heavy atom. The molecule has 0 unspecified atom stereocenters. The van der Waals surface area contributed by atoms with E-state index in [1.54, 1.807) is 24.0 Å². The molecule has 5 rings (SSSR count). The van der Waals surface area contributed by atoms with Crippen LogP contribution in [-0.2, 0) is 33.1 Å². The van der Waals surface area contributed by atoms with Crippen LogP contribution in [0.25, 0.3) is 10.5 Å². The second-order valence-corrected chi connectivity index (χ2v) is 11.2. The van der Waals surface area contributed by atoms with Gasteiger partial charge in [-0.05, 0) is 31.0 Å². The molecule has 3 heterocycles.